The van der Waals surface area contributed by atoms with Crippen LogP contribution in [0.1, 0.15) is 35.7 Å². The van der Waals surface area contributed by atoms with Crippen molar-refractivity contribution in [1.82, 2.24) is 19.9 Å². The van der Waals surface area contributed by atoms with E-state index in [9.17, 15) is 0 Å². The van der Waals surface area contributed by atoms with Gasteiger partial charge >= 0.3 is 0 Å². The first-order valence-corrected chi connectivity index (χ1v) is 6.27. The van der Waals surface area contributed by atoms with Crippen LogP contribution in [-0.4, -0.2) is 21.1 Å². The number of hydrogen-bond acceptors (Lipinski definition) is 3. The summed E-state index contributed by atoms with van der Waals surface area (Å²) in [7, 11) is 2.02. The van der Waals surface area contributed by atoms with Gasteiger partial charge in [0.25, 0.3) is 0 Å². The van der Waals surface area contributed by atoms with E-state index in [4.69, 9.17) is 0 Å². The Morgan fingerprint density at radius 2 is 1.94 bits per heavy atom. The Morgan fingerprint density at radius 1 is 1.28 bits per heavy atom. The molecule has 0 amide bonds. The smallest absolute Gasteiger partial charge is 0.130 e. The topological polar surface area (TPSA) is 42.7 Å². The lowest BCUT2D eigenvalue weighted by molar-refractivity contribution is 0.575. The van der Waals surface area contributed by atoms with Crippen molar-refractivity contribution in [3.05, 3.63) is 47.3 Å². The third-order valence-electron chi connectivity index (χ3n) is 2.96. The van der Waals surface area contributed by atoms with Crippen LogP contribution >= 0.6 is 0 Å². The second-order valence-corrected chi connectivity index (χ2v) is 4.57. The highest BCUT2D eigenvalue weighted by Gasteiger charge is 2.17. The Labute approximate surface area is 108 Å². The Bertz CT molecular complexity index is 510. The molecule has 0 spiro atoms. The maximum absolute atomic E-state index is 4.45. The van der Waals surface area contributed by atoms with Gasteiger partial charge in [-0.2, -0.15) is 0 Å². The van der Waals surface area contributed by atoms with Crippen LogP contribution in [0.3, 0.4) is 0 Å². The molecule has 0 saturated heterocycles. The molecule has 1 N–H and O–H groups in total. The summed E-state index contributed by atoms with van der Waals surface area (Å²) < 4.78 is 2.05. The van der Waals surface area contributed by atoms with Gasteiger partial charge in [-0.3, -0.25) is 4.98 Å². The van der Waals surface area contributed by atoms with E-state index in [0.717, 1.165) is 23.8 Å². The zero-order valence-corrected chi connectivity index (χ0v) is 11.4. The zero-order chi connectivity index (χ0) is 13.1. The number of imidazole rings is 1. The first-order valence-electron chi connectivity index (χ1n) is 6.27. The highest BCUT2D eigenvalue weighted by Crippen LogP contribution is 2.21. The molecular weight excluding hydrogens is 224 g/mol. The van der Waals surface area contributed by atoms with Crippen molar-refractivity contribution in [2.45, 2.75) is 26.8 Å². The van der Waals surface area contributed by atoms with Gasteiger partial charge in [-0.1, -0.05) is 6.92 Å². The maximum atomic E-state index is 4.45. The Balaban J connectivity index is 2.44. The fourth-order valence-corrected chi connectivity index (χ4v) is 2.25. The third-order valence-corrected chi connectivity index (χ3v) is 2.96. The molecule has 2 aromatic heterocycles. The first kappa shape index (κ1) is 12.8. The van der Waals surface area contributed by atoms with Crippen LogP contribution in [-0.2, 0) is 7.05 Å². The van der Waals surface area contributed by atoms with Gasteiger partial charge < -0.3 is 9.88 Å². The highest BCUT2D eigenvalue weighted by molar-refractivity contribution is 5.28. The van der Waals surface area contributed by atoms with Crippen LogP contribution in [0.15, 0.2) is 24.5 Å². The monoisotopic (exact) mass is 244 g/mol. The number of rotatable bonds is 4. The molecule has 0 saturated carbocycles. The Kier molecular flexibility index (Phi) is 3.77. The standard InChI is InChI=1S/C14H20N4/c1-5-15-13(14-16-6-7-18(14)4)12-8-10(2)17-11(3)9-12/h6-9,13,15H,5H2,1-4H3. The third kappa shape index (κ3) is 2.59. The van der Waals surface area contributed by atoms with Gasteiger partial charge in [0.1, 0.15) is 5.82 Å². The number of pyridine rings is 1. The normalized spacial score (nSPS) is 12.7. The van der Waals surface area contributed by atoms with Crippen molar-refractivity contribution in [2.24, 2.45) is 7.05 Å². The fourth-order valence-electron chi connectivity index (χ4n) is 2.25. The number of nitrogens with zero attached hydrogens (tertiary/aromatic N) is 3. The molecule has 0 aliphatic rings. The van der Waals surface area contributed by atoms with E-state index < -0.39 is 0 Å². The van der Waals surface area contributed by atoms with Crippen LogP contribution in [0.25, 0.3) is 0 Å². The number of hydrogen-bond donors (Lipinski definition) is 1. The van der Waals surface area contributed by atoms with Crippen molar-refractivity contribution in [2.75, 3.05) is 6.54 Å². The minimum absolute atomic E-state index is 0.121. The van der Waals surface area contributed by atoms with Crippen molar-refractivity contribution < 1.29 is 0 Å². The van der Waals surface area contributed by atoms with Crippen molar-refractivity contribution in [3.63, 3.8) is 0 Å². The number of aromatic nitrogens is 3. The second kappa shape index (κ2) is 5.31. The van der Waals surface area contributed by atoms with Gasteiger partial charge in [0.05, 0.1) is 6.04 Å². The average molecular weight is 244 g/mol. The molecule has 0 radical (unpaired) electrons. The molecule has 4 heteroatoms. The summed E-state index contributed by atoms with van der Waals surface area (Å²) in [6.07, 6.45) is 3.81. The molecular formula is C14H20N4. The van der Waals surface area contributed by atoms with Gasteiger partial charge in [0.2, 0.25) is 0 Å². The van der Waals surface area contributed by atoms with E-state index in [1.54, 1.807) is 0 Å². The summed E-state index contributed by atoms with van der Waals surface area (Å²) in [6.45, 7) is 7.06. The van der Waals surface area contributed by atoms with Crippen LogP contribution in [0.4, 0.5) is 0 Å². The highest BCUT2D eigenvalue weighted by atomic mass is 15.1. The molecule has 1 unspecified atom stereocenters. The molecule has 1 atom stereocenters. The van der Waals surface area contributed by atoms with E-state index >= 15 is 0 Å². The van der Waals surface area contributed by atoms with Crippen molar-refractivity contribution >= 4 is 0 Å². The van der Waals surface area contributed by atoms with Gasteiger partial charge in [-0.25, -0.2) is 4.98 Å². The maximum Gasteiger partial charge on any atom is 0.130 e. The van der Waals surface area contributed by atoms with Crippen molar-refractivity contribution in [1.29, 1.82) is 0 Å². The summed E-state index contributed by atoms with van der Waals surface area (Å²) in [5, 5.41) is 3.49. The Hall–Kier alpha value is -1.68. The lowest BCUT2D eigenvalue weighted by Crippen LogP contribution is -2.25. The van der Waals surface area contributed by atoms with Gasteiger partial charge in [-0.15, -0.1) is 0 Å². The SMILES string of the molecule is CCNC(c1cc(C)nc(C)c1)c1nccn1C. The molecule has 2 aromatic rings. The van der Waals surface area contributed by atoms with E-state index in [1.807, 2.05) is 33.3 Å². The second-order valence-electron chi connectivity index (χ2n) is 4.57. The molecule has 2 heterocycles. The lowest BCUT2D eigenvalue weighted by atomic mass is 10.1. The molecule has 18 heavy (non-hydrogen) atoms. The first-order chi connectivity index (χ1) is 8.61. The summed E-state index contributed by atoms with van der Waals surface area (Å²) >= 11 is 0. The molecule has 0 fully saturated rings. The molecule has 0 aliphatic carbocycles. The minimum atomic E-state index is 0.121. The van der Waals surface area contributed by atoms with E-state index in [0.29, 0.717) is 0 Å². The summed E-state index contributed by atoms with van der Waals surface area (Å²) in [5.74, 6) is 1.03. The van der Waals surface area contributed by atoms with E-state index in [1.165, 1.54) is 5.56 Å². The van der Waals surface area contributed by atoms with Crippen LogP contribution in [0, 0.1) is 13.8 Å². The van der Waals surface area contributed by atoms with Gasteiger partial charge in [-0.05, 0) is 38.1 Å². The predicted molar refractivity (Wildman–Crippen MR) is 72.4 cm³/mol. The minimum Gasteiger partial charge on any atom is -0.336 e. The van der Waals surface area contributed by atoms with E-state index in [2.05, 4.69) is 38.9 Å². The molecule has 4 nitrogen and oxygen atoms in total. The molecule has 96 valence electrons. The summed E-state index contributed by atoms with van der Waals surface area (Å²) in [6, 6.07) is 4.36. The van der Waals surface area contributed by atoms with Gasteiger partial charge in [0, 0.05) is 30.8 Å². The van der Waals surface area contributed by atoms with Crippen LogP contribution in [0.2, 0.25) is 0 Å². The molecule has 0 bridgehead atoms. The quantitative estimate of drug-likeness (QED) is 0.896. The zero-order valence-electron chi connectivity index (χ0n) is 11.4. The van der Waals surface area contributed by atoms with Crippen LogP contribution in [0.5, 0.6) is 0 Å². The molecule has 0 aromatic carbocycles. The fraction of sp³-hybridized carbons (Fsp3) is 0.429. The Morgan fingerprint density at radius 3 is 2.44 bits per heavy atom. The van der Waals surface area contributed by atoms with Crippen LogP contribution < -0.4 is 5.32 Å². The molecule has 2 rings (SSSR count). The number of aryl methyl sites for hydroxylation is 3. The van der Waals surface area contributed by atoms with Crippen molar-refractivity contribution in [3.8, 4) is 0 Å². The van der Waals surface area contributed by atoms with E-state index in [-0.39, 0.29) is 6.04 Å². The summed E-state index contributed by atoms with van der Waals surface area (Å²) in [5.41, 5.74) is 3.31. The molecule has 0 aliphatic heterocycles. The average Bonchev–Trinajstić information content (AvgIpc) is 2.71. The largest absolute Gasteiger partial charge is 0.336 e. The lowest BCUT2D eigenvalue weighted by Gasteiger charge is -2.19. The number of nitrogens with one attached hydrogen (secondary N) is 1. The van der Waals surface area contributed by atoms with Gasteiger partial charge in [0.15, 0.2) is 0 Å². The summed E-state index contributed by atoms with van der Waals surface area (Å²) in [4.78, 5) is 8.88. The predicted octanol–water partition coefficient (Wildman–Crippen LogP) is 2.13.